The predicted molar refractivity (Wildman–Crippen MR) is 149 cm³/mol. The van der Waals surface area contributed by atoms with Gasteiger partial charge in [-0.15, -0.1) is 11.3 Å². The zero-order valence-corrected chi connectivity index (χ0v) is 22.8. The van der Waals surface area contributed by atoms with Crippen molar-refractivity contribution < 1.29 is 18.0 Å². The van der Waals surface area contributed by atoms with Crippen molar-refractivity contribution in [3.8, 4) is 0 Å². The van der Waals surface area contributed by atoms with Crippen molar-refractivity contribution in [2.75, 3.05) is 25.0 Å². The number of benzene rings is 2. The molecule has 38 heavy (non-hydrogen) atoms. The quantitative estimate of drug-likeness (QED) is 0.456. The summed E-state index contributed by atoms with van der Waals surface area (Å²) in [5, 5.41) is 3.30. The second-order valence-corrected chi connectivity index (χ2v) is 12.9. The molecule has 0 atom stereocenters. The molecular weight excluding hydrogens is 520 g/mol. The Morgan fingerprint density at radius 3 is 2.26 bits per heavy atom. The number of fused-ring (bicyclic) bond motifs is 1. The van der Waals surface area contributed by atoms with Gasteiger partial charge < -0.3 is 11.1 Å². The standard InChI is InChI=1S/C28H32N4O4S2/c29-26(33)25-23-14-17-31(18-20-8-4-3-5-9-20)19-24(23)37-28(25)30-27(34)21-10-12-22(13-11-21)38(35,36)32-15-6-1-2-7-16-32/h3-5,8-13H,1-2,6-7,14-19H2,(H2,29,33)(H,30,34). The maximum absolute atomic E-state index is 13.1. The Bertz CT molecular complexity index is 1410. The van der Waals surface area contributed by atoms with Gasteiger partial charge >= 0.3 is 0 Å². The highest BCUT2D eigenvalue weighted by Gasteiger charge is 2.29. The van der Waals surface area contributed by atoms with Crippen LogP contribution in [0.1, 0.15) is 62.4 Å². The van der Waals surface area contributed by atoms with Crippen molar-refractivity contribution in [2.45, 2.75) is 50.1 Å². The van der Waals surface area contributed by atoms with E-state index in [0.29, 0.717) is 42.2 Å². The topological polar surface area (TPSA) is 113 Å². The lowest BCUT2D eigenvalue weighted by Crippen LogP contribution is -2.31. The van der Waals surface area contributed by atoms with E-state index >= 15 is 0 Å². The highest BCUT2D eigenvalue weighted by atomic mass is 32.2. The van der Waals surface area contributed by atoms with E-state index in [1.807, 2.05) is 18.2 Å². The number of amides is 2. The Morgan fingerprint density at radius 2 is 1.61 bits per heavy atom. The number of nitrogens with one attached hydrogen (secondary N) is 1. The number of hydrogen-bond acceptors (Lipinski definition) is 6. The second-order valence-electron chi connectivity index (χ2n) is 9.82. The van der Waals surface area contributed by atoms with Gasteiger partial charge in [0.1, 0.15) is 5.00 Å². The molecule has 0 bridgehead atoms. The lowest BCUT2D eigenvalue weighted by atomic mass is 10.0. The molecule has 0 unspecified atom stereocenters. The third kappa shape index (κ3) is 5.68. The van der Waals surface area contributed by atoms with Crippen molar-refractivity contribution in [1.82, 2.24) is 9.21 Å². The fourth-order valence-corrected chi connectivity index (χ4v) is 7.97. The summed E-state index contributed by atoms with van der Waals surface area (Å²) in [6.07, 6.45) is 4.47. The van der Waals surface area contributed by atoms with Crippen molar-refractivity contribution in [2.24, 2.45) is 5.73 Å². The van der Waals surface area contributed by atoms with Gasteiger partial charge in [0.2, 0.25) is 10.0 Å². The smallest absolute Gasteiger partial charge is 0.256 e. The van der Waals surface area contributed by atoms with Crippen LogP contribution >= 0.6 is 11.3 Å². The maximum atomic E-state index is 13.1. The summed E-state index contributed by atoms with van der Waals surface area (Å²) in [6, 6.07) is 16.2. The Balaban J connectivity index is 1.31. The van der Waals surface area contributed by atoms with Crippen LogP contribution in [0.25, 0.3) is 0 Å². The van der Waals surface area contributed by atoms with Crippen LogP contribution in [-0.2, 0) is 29.5 Å². The molecule has 3 heterocycles. The molecule has 0 radical (unpaired) electrons. The molecule has 1 saturated heterocycles. The first-order chi connectivity index (χ1) is 18.3. The van der Waals surface area contributed by atoms with Crippen LogP contribution in [0.5, 0.6) is 0 Å². The summed E-state index contributed by atoms with van der Waals surface area (Å²) in [4.78, 5) is 29.0. The van der Waals surface area contributed by atoms with E-state index in [4.69, 9.17) is 5.73 Å². The molecule has 0 aliphatic carbocycles. The van der Waals surface area contributed by atoms with Crippen molar-refractivity contribution in [3.05, 3.63) is 81.7 Å². The van der Waals surface area contributed by atoms with Gasteiger partial charge in [-0.05, 0) is 54.7 Å². The van der Waals surface area contributed by atoms with Crippen LogP contribution in [0.15, 0.2) is 59.5 Å². The highest BCUT2D eigenvalue weighted by molar-refractivity contribution is 7.89. The highest BCUT2D eigenvalue weighted by Crippen LogP contribution is 2.37. The molecule has 3 N–H and O–H groups in total. The summed E-state index contributed by atoms with van der Waals surface area (Å²) in [6.45, 7) is 3.31. The van der Waals surface area contributed by atoms with Gasteiger partial charge in [0.05, 0.1) is 10.5 Å². The summed E-state index contributed by atoms with van der Waals surface area (Å²) in [5.41, 5.74) is 8.55. The summed E-state index contributed by atoms with van der Waals surface area (Å²) >= 11 is 1.38. The molecule has 200 valence electrons. The van der Waals surface area contributed by atoms with Crippen LogP contribution in [0.3, 0.4) is 0 Å². The maximum Gasteiger partial charge on any atom is 0.256 e. The van der Waals surface area contributed by atoms with Crippen LogP contribution in [0.2, 0.25) is 0 Å². The van der Waals surface area contributed by atoms with Gasteiger partial charge in [0, 0.05) is 43.2 Å². The predicted octanol–water partition coefficient (Wildman–Crippen LogP) is 4.22. The molecule has 10 heteroatoms. The molecular formula is C28H32N4O4S2. The number of anilines is 1. The number of nitrogens with two attached hydrogens (primary N) is 1. The third-order valence-electron chi connectivity index (χ3n) is 7.18. The van der Waals surface area contributed by atoms with E-state index in [-0.39, 0.29) is 4.90 Å². The van der Waals surface area contributed by atoms with Crippen LogP contribution < -0.4 is 11.1 Å². The number of primary amides is 1. The number of carbonyl (C=O) groups is 2. The molecule has 3 aromatic rings. The number of carbonyl (C=O) groups excluding carboxylic acids is 2. The van der Waals surface area contributed by atoms with Crippen molar-refractivity contribution >= 4 is 38.2 Å². The zero-order valence-electron chi connectivity index (χ0n) is 21.2. The molecule has 2 aliphatic rings. The molecule has 1 aromatic heterocycles. The lowest BCUT2D eigenvalue weighted by molar-refractivity contribution is 0.0999. The largest absolute Gasteiger partial charge is 0.365 e. The van der Waals surface area contributed by atoms with Crippen molar-refractivity contribution in [3.63, 3.8) is 0 Å². The SMILES string of the molecule is NC(=O)c1c(NC(=O)c2ccc(S(=O)(=O)N3CCCCCC3)cc2)sc2c1CCN(Cc1ccccc1)C2. The van der Waals surface area contributed by atoms with Crippen LogP contribution in [0, 0.1) is 0 Å². The Labute approximate surface area is 227 Å². The zero-order chi connectivity index (χ0) is 26.7. The average Bonchev–Trinajstić information content (AvgIpc) is 3.06. The normalized spacial score (nSPS) is 16.9. The van der Waals surface area contributed by atoms with Gasteiger partial charge in [-0.3, -0.25) is 14.5 Å². The van der Waals surface area contributed by atoms with Crippen LogP contribution in [0.4, 0.5) is 5.00 Å². The number of hydrogen-bond donors (Lipinski definition) is 2. The van der Waals surface area contributed by atoms with Gasteiger partial charge in [0.25, 0.3) is 11.8 Å². The summed E-state index contributed by atoms with van der Waals surface area (Å²) in [5.74, 6) is -0.973. The van der Waals surface area contributed by atoms with E-state index in [1.165, 1.54) is 45.5 Å². The molecule has 5 rings (SSSR count). The van der Waals surface area contributed by atoms with Gasteiger partial charge in [0.15, 0.2) is 0 Å². The second kappa shape index (κ2) is 11.4. The molecule has 2 amide bonds. The molecule has 0 spiro atoms. The Kier molecular flexibility index (Phi) is 7.94. The lowest BCUT2D eigenvalue weighted by Gasteiger charge is -2.27. The number of rotatable bonds is 7. The van der Waals surface area contributed by atoms with E-state index in [2.05, 4.69) is 22.3 Å². The number of nitrogens with zero attached hydrogens (tertiary/aromatic N) is 2. The molecule has 8 nitrogen and oxygen atoms in total. The minimum Gasteiger partial charge on any atom is -0.365 e. The fraction of sp³-hybridized carbons (Fsp3) is 0.357. The first kappa shape index (κ1) is 26.6. The third-order valence-corrected chi connectivity index (χ3v) is 10.2. The Hall–Kier alpha value is -3.05. The fourth-order valence-electron chi connectivity index (χ4n) is 5.17. The minimum atomic E-state index is -3.60. The number of thiophene rings is 1. The summed E-state index contributed by atoms with van der Waals surface area (Å²) < 4.78 is 27.6. The van der Waals surface area contributed by atoms with E-state index in [9.17, 15) is 18.0 Å². The average molecular weight is 553 g/mol. The minimum absolute atomic E-state index is 0.180. The van der Waals surface area contributed by atoms with Gasteiger partial charge in [-0.1, -0.05) is 43.2 Å². The number of sulfonamides is 1. The summed E-state index contributed by atoms with van der Waals surface area (Å²) in [7, 11) is -3.60. The van der Waals surface area contributed by atoms with E-state index in [0.717, 1.165) is 49.2 Å². The monoisotopic (exact) mass is 552 g/mol. The van der Waals surface area contributed by atoms with Crippen LogP contribution in [-0.4, -0.2) is 49.1 Å². The molecule has 1 fully saturated rings. The molecule has 2 aromatic carbocycles. The van der Waals surface area contributed by atoms with Gasteiger partial charge in [-0.25, -0.2) is 8.42 Å². The Morgan fingerprint density at radius 1 is 0.921 bits per heavy atom. The van der Waals surface area contributed by atoms with Gasteiger partial charge in [-0.2, -0.15) is 4.31 Å². The first-order valence-electron chi connectivity index (χ1n) is 12.9. The molecule has 0 saturated carbocycles. The molecule has 2 aliphatic heterocycles. The van der Waals surface area contributed by atoms with Crippen molar-refractivity contribution in [1.29, 1.82) is 0 Å². The first-order valence-corrected chi connectivity index (χ1v) is 15.2. The van der Waals surface area contributed by atoms with E-state index < -0.39 is 21.8 Å². The van der Waals surface area contributed by atoms with E-state index in [1.54, 1.807) is 0 Å².